The molecule has 4 heteroatoms. The van der Waals surface area contributed by atoms with E-state index in [1.807, 2.05) is 0 Å². The number of aryl methyl sites for hydroxylation is 1. The van der Waals surface area contributed by atoms with E-state index >= 15 is 0 Å². The molecule has 2 heterocycles. The molecule has 1 aromatic rings. The molecule has 0 unspecified atom stereocenters. The second kappa shape index (κ2) is 9.26. The SMILES string of the molecule is CN1CCC(CO)CC1.Cc1ccc(N2CCN(C)CC2)cc1. The van der Waals surface area contributed by atoms with Crippen molar-refractivity contribution in [2.45, 2.75) is 19.8 Å². The number of hydrogen-bond acceptors (Lipinski definition) is 4. The van der Waals surface area contributed by atoms with Crippen molar-refractivity contribution >= 4 is 5.69 Å². The van der Waals surface area contributed by atoms with Crippen molar-refractivity contribution < 1.29 is 5.11 Å². The van der Waals surface area contributed by atoms with Crippen LogP contribution in [0.15, 0.2) is 24.3 Å². The van der Waals surface area contributed by atoms with Gasteiger partial charge in [0, 0.05) is 38.5 Å². The molecule has 0 bridgehead atoms. The zero-order valence-electron chi connectivity index (χ0n) is 15.0. The summed E-state index contributed by atoms with van der Waals surface area (Å²) in [5.74, 6) is 0.584. The van der Waals surface area contributed by atoms with E-state index in [4.69, 9.17) is 5.11 Å². The summed E-state index contributed by atoms with van der Waals surface area (Å²) in [6.07, 6.45) is 2.35. The predicted octanol–water partition coefficient (Wildman–Crippen LogP) is 2.07. The Hall–Kier alpha value is -1.10. The Bertz CT molecular complexity index is 432. The largest absolute Gasteiger partial charge is 0.396 e. The number of anilines is 1. The van der Waals surface area contributed by atoms with Gasteiger partial charge >= 0.3 is 0 Å². The van der Waals surface area contributed by atoms with Crippen LogP contribution in [-0.4, -0.2) is 74.9 Å². The lowest BCUT2D eigenvalue weighted by atomic mass is 9.98. The number of rotatable bonds is 2. The first-order valence-corrected chi connectivity index (χ1v) is 8.88. The van der Waals surface area contributed by atoms with Gasteiger partial charge in [-0.2, -0.15) is 0 Å². The molecule has 2 fully saturated rings. The summed E-state index contributed by atoms with van der Waals surface area (Å²) in [6.45, 7) is 9.49. The zero-order chi connectivity index (χ0) is 16.7. The molecule has 1 aromatic carbocycles. The highest BCUT2D eigenvalue weighted by Crippen LogP contribution is 2.16. The van der Waals surface area contributed by atoms with E-state index in [1.54, 1.807) is 0 Å². The van der Waals surface area contributed by atoms with Crippen LogP contribution in [0.1, 0.15) is 18.4 Å². The van der Waals surface area contributed by atoms with E-state index in [0.29, 0.717) is 12.5 Å². The molecule has 0 aliphatic carbocycles. The molecule has 4 nitrogen and oxygen atoms in total. The Morgan fingerprint density at radius 3 is 1.91 bits per heavy atom. The third kappa shape index (κ3) is 6.13. The molecular weight excluding hydrogens is 286 g/mol. The number of benzene rings is 1. The number of piperidine rings is 1. The Morgan fingerprint density at radius 2 is 1.39 bits per heavy atom. The summed E-state index contributed by atoms with van der Waals surface area (Å²) in [5, 5.41) is 8.76. The van der Waals surface area contributed by atoms with Crippen molar-refractivity contribution in [3.63, 3.8) is 0 Å². The van der Waals surface area contributed by atoms with Gasteiger partial charge in [0.2, 0.25) is 0 Å². The topological polar surface area (TPSA) is 30.0 Å². The van der Waals surface area contributed by atoms with Gasteiger partial charge in [-0.05, 0) is 65.0 Å². The van der Waals surface area contributed by atoms with Crippen molar-refractivity contribution in [2.75, 3.05) is 64.9 Å². The van der Waals surface area contributed by atoms with Gasteiger partial charge in [-0.1, -0.05) is 17.7 Å². The van der Waals surface area contributed by atoms with Gasteiger partial charge in [0.25, 0.3) is 0 Å². The lowest BCUT2D eigenvalue weighted by Crippen LogP contribution is -2.44. The second-order valence-corrected chi connectivity index (χ2v) is 7.06. The maximum atomic E-state index is 8.76. The molecule has 0 amide bonds. The van der Waals surface area contributed by atoms with Crippen LogP contribution in [0.5, 0.6) is 0 Å². The number of aliphatic hydroxyl groups is 1. The number of piperazine rings is 1. The van der Waals surface area contributed by atoms with Crippen LogP contribution in [-0.2, 0) is 0 Å². The molecule has 2 saturated heterocycles. The first-order valence-electron chi connectivity index (χ1n) is 8.88. The van der Waals surface area contributed by atoms with Crippen LogP contribution in [0.4, 0.5) is 5.69 Å². The fourth-order valence-corrected chi connectivity index (χ4v) is 3.06. The number of nitrogens with zero attached hydrogens (tertiary/aromatic N) is 3. The van der Waals surface area contributed by atoms with Gasteiger partial charge in [0.1, 0.15) is 0 Å². The van der Waals surface area contributed by atoms with E-state index in [0.717, 1.165) is 26.2 Å². The summed E-state index contributed by atoms with van der Waals surface area (Å²) in [7, 11) is 4.32. The summed E-state index contributed by atoms with van der Waals surface area (Å²) in [5.41, 5.74) is 2.70. The molecule has 130 valence electrons. The zero-order valence-corrected chi connectivity index (χ0v) is 15.0. The Labute approximate surface area is 141 Å². The summed E-state index contributed by atoms with van der Waals surface area (Å²) >= 11 is 0. The van der Waals surface area contributed by atoms with Crippen LogP contribution >= 0.6 is 0 Å². The first-order chi connectivity index (χ1) is 11.1. The van der Waals surface area contributed by atoms with Crippen LogP contribution in [0.3, 0.4) is 0 Å². The first kappa shape index (κ1) is 18.2. The number of hydrogen-bond donors (Lipinski definition) is 1. The number of aliphatic hydroxyl groups excluding tert-OH is 1. The van der Waals surface area contributed by atoms with E-state index in [9.17, 15) is 0 Å². The molecule has 2 aliphatic rings. The molecule has 2 aliphatic heterocycles. The quantitative estimate of drug-likeness (QED) is 0.904. The monoisotopic (exact) mass is 319 g/mol. The van der Waals surface area contributed by atoms with E-state index < -0.39 is 0 Å². The number of likely N-dealkylation sites (tertiary alicyclic amines) is 1. The highest BCUT2D eigenvalue weighted by Gasteiger charge is 2.15. The minimum absolute atomic E-state index is 0.383. The third-order valence-electron chi connectivity index (χ3n) is 5.00. The molecule has 0 aromatic heterocycles. The lowest BCUT2D eigenvalue weighted by molar-refractivity contribution is 0.148. The highest BCUT2D eigenvalue weighted by atomic mass is 16.3. The van der Waals surface area contributed by atoms with Gasteiger partial charge in [-0.25, -0.2) is 0 Å². The van der Waals surface area contributed by atoms with Crippen LogP contribution in [0.2, 0.25) is 0 Å². The molecule has 0 spiro atoms. The standard InChI is InChI=1S/C12H18N2.C7H15NO/c1-11-3-5-12(6-4-11)14-9-7-13(2)8-10-14;1-8-4-2-7(6-9)3-5-8/h3-6H,7-10H2,1-2H3;7,9H,2-6H2,1H3. The van der Waals surface area contributed by atoms with Crippen LogP contribution in [0.25, 0.3) is 0 Å². The Kier molecular flexibility index (Phi) is 7.34. The van der Waals surface area contributed by atoms with Gasteiger partial charge in [-0.15, -0.1) is 0 Å². The second-order valence-electron chi connectivity index (χ2n) is 7.06. The van der Waals surface area contributed by atoms with Gasteiger partial charge in [0.05, 0.1) is 0 Å². The Balaban J connectivity index is 0.000000185. The average molecular weight is 319 g/mol. The highest BCUT2D eigenvalue weighted by molar-refractivity contribution is 5.47. The van der Waals surface area contributed by atoms with Crippen molar-refractivity contribution in [1.82, 2.24) is 9.80 Å². The predicted molar refractivity (Wildman–Crippen MR) is 98.2 cm³/mol. The van der Waals surface area contributed by atoms with Gasteiger partial charge < -0.3 is 19.8 Å². The molecular formula is C19H33N3O. The molecule has 0 saturated carbocycles. The summed E-state index contributed by atoms with van der Waals surface area (Å²) in [4.78, 5) is 7.15. The van der Waals surface area contributed by atoms with Gasteiger partial charge in [0.15, 0.2) is 0 Å². The van der Waals surface area contributed by atoms with Crippen molar-refractivity contribution in [3.05, 3.63) is 29.8 Å². The normalized spacial score (nSPS) is 21.0. The van der Waals surface area contributed by atoms with Crippen molar-refractivity contribution in [3.8, 4) is 0 Å². The summed E-state index contributed by atoms with van der Waals surface area (Å²) in [6, 6.07) is 8.82. The fourth-order valence-electron chi connectivity index (χ4n) is 3.06. The van der Waals surface area contributed by atoms with Crippen LogP contribution < -0.4 is 4.90 Å². The minimum Gasteiger partial charge on any atom is -0.396 e. The molecule has 3 rings (SSSR count). The van der Waals surface area contributed by atoms with Crippen LogP contribution in [0, 0.1) is 12.8 Å². The maximum absolute atomic E-state index is 8.76. The smallest absolute Gasteiger partial charge is 0.0460 e. The average Bonchev–Trinajstić information content (AvgIpc) is 2.58. The summed E-state index contributed by atoms with van der Waals surface area (Å²) < 4.78 is 0. The van der Waals surface area contributed by atoms with E-state index in [-0.39, 0.29) is 0 Å². The molecule has 1 N–H and O–H groups in total. The van der Waals surface area contributed by atoms with E-state index in [1.165, 1.54) is 37.2 Å². The molecule has 0 atom stereocenters. The van der Waals surface area contributed by atoms with Gasteiger partial charge in [-0.3, -0.25) is 0 Å². The molecule has 0 radical (unpaired) electrons. The molecule has 23 heavy (non-hydrogen) atoms. The van der Waals surface area contributed by atoms with Crippen molar-refractivity contribution in [1.29, 1.82) is 0 Å². The fraction of sp³-hybridized carbons (Fsp3) is 0.684. The lowest BCUT2D eigenvalue weighted by Gasteiger charge is -2.34. The van der Waals surface area contributed by atoms with E-state index in [2.05, 4.69) is 60.0 Å². The third-order valence-corrected chi connectivity index (χ3v) is 5.00. The maximum Gasteiger partial charge on any atom is 0.0460 e. The Morgan fingerprint density at radius 1 is 0.870 bits per heavy atom. The number of likely N-dealkylation sites (N-methyl/N-ethyl adjacent to an activating group) is 1. The van der Waals surface area contributed by atoms with Crippen molar-refractivity contribution in [2.24, 2.45) is 5.92 Å². The minimum atomic E-state index is 0.383.